The van der Waals surface area contributed by atoms with E-state index in [1.54, 1.807) is 0 Å². The van der Waals surface area contributed by atoms with Crippen molar-refractivity contribution in [2.45, 2.75) is 63.9 Å². The Kier molecular flexibility index (Phi) is 2.63. The van der Waals surface area contributed by atoms with Crippen molar-refractivity contribution in [3.05, 3.63) is 12.2 Å². The summed E-state index contributed by atoms with van der Waals surface area (Å²) in [6.07, 6.45) is -0.964. The van der Waals surface area contributed by atoms with Crippen LogP contribution in [0.4, 0.5) is 0 Å². The van der Waals surface area contributed by atoms with E-state index in [9.17, 15) is 0 Å². The third kappa shape index (κ3) is 2.00. The van der Waals surface area contributed by atoms with Crippen molar-refractivity contribution in [3.8, 4) is 0 Å². The minimum atomic E-state index is -0.616. The number of rotatable bonds is 1. The third-order valence-electron chi connectivity index (χ3n) is 3.44. The van der Waals surface area contributed by atoms with Gasteiger partial charge in [-0.15, -0.1) is 0 Å². The largest absolute Gasteiger partial charge is 0.348 e. The molecule has 0 unspecified atom stereocenters. The molecule has 5 nitrogen and oxygen atoms in total. The van der Waals surface area contributed by atoms with E-state index < -0.39 is 11.6 Å². The maximum absolute atomic E-state index is 5.86. The Balaban J connectivity index is 1.70. The van der Waals surface area contributed by atoms with E-state index in [2.05, 4.69) is 6.58 Å². The van der Waals surface area contributed by atoms with Gasteiger partial charge in [-0.3, -0.25) is 0 Å². The first kappa shape index (κ1) is 12.6. The van der Waals surface area contributed by atoms with Gasteiger partial charge in [0.2, 0.25) is 0 Å². The Labute approximate surface area is 107 Å². The molecule has 0 N–H and O–H groups in total. The molecule has 0 aromatic heterocycles. The van der Waals surface area contributed by atoms with Crippen LogP contribution in [0, 0.1) is 0 Å². The lowest BCUT2D eigenvalue weighted by Crippen LogP contribution is -2.34. The van der Waals surface area contributed by atoms with Gasteiger partial charge in [0.25, 0.3) is 0 Å². The van der Waals surface area contributed by atoms with E-state index >= 15 is 0 Å². The van der Waals surface area contributed by atoms with Crippen molar-refractivity contribution in [1.29, 1.82) is 0 Å². The van der Waals surface area contributed by atoms with Gasteiger partial charge in [0.1, 0.15) is 18.3 Å². The van der Waals surface area contributed by atoms with Crippen LogP contribution in [0.3, 0.4) is 0 Å². The maximum atomic E-state index is 5.86. The van der Waals surface area contributed by atoms with Crippen LogP contribution in [0.25, 0.3) is 0 Å². The molecule has 18 heavy (non-hydrogen) atoms. The first-order valence-electron chi connectivity index (χ1n) is 6.29. The predicted molar refractivity (Wildman–Crippen MR) is 62.7 cm³/mol. The summed E-state index contributed by atoms with van der Waals surface area (Å²) < 4.78 is 28.7. The molecular formula is C13H20O5. The van der Waals surface area contributed by atoms with Gasteiger partial charge in [-0.05, 0) is 33.3 Å². The monoisotopic (exact) mass is 256 g/mol. The summed E-state index contributed by atoms with van der Waals surface area (Å²) in [5, 5.41) is 0. The Morgan fingerprint density at radius 3 is 2.28 bits per heavy atom. The smallest absolute Gasteiger partial charge is 0.191 e. The fraction of sp³-hybridized carbons (Fsp3) is 0.846. The molecule has 0 aromatic rings. The normalized spacial score (nSPS) is 45.4. The predicted octanol–water partition coefficient (Wildman–Crippen LogP) is 1.57. The van der Waals surface area contributed by atoms with Crippen molar-refractivity contribution >= 4 is 0 Å². The summed E-state index contributed by atoms with van der Waals surface area (Å²) in [6.45, 7) is 12.1. The molecule has 0 spiro atoms. The zero-order valence-electron chi connectivity index (χ0n) is 11.3. The topological polar surface area (TPSA) is 46.2 Å². The highest BCUT2D eigenvalue weighted by molar-refractivity contribution is 5.20. The number of hydrogen-bond donors (Lipinski definition) is 0. The molecule has 5 heteroatoms. The Bertz CT molecular complexity index is 376. The van der Waals surface area contributed by atoms with Crippen LogP contribution < -0.4 is 0 Å². The van der Waals surface area contributed by atoms with Gasteiger partial charge in [0.15, 0.2) is 17.9 Å². The number of hydrogen-bond acceptors (Lipinski definition) is 5. The van der Waals surface area contributed by atoms with Crippen LogP contribution in [-0.2, 0) is 23.7 Å². The summed E-state index contributed by atoms with van der Waals surface area (Å²) >= 11 is 0. The summed E-state index contributed by atoms with van der Waals surface area (Å²) in [5.41, 5.74) is 0.872. The summed E-state index contributed by atoms with van der Waals surface area (Å²) in [6, 6.07) is 0. The molecule has 3 aliphatic rings. The minimum absolute atomic E-state index is 0.145. The van der Waals surface area contributed by atoms with E-state index in [1.807, 2.05) is 27.7 Å². The van der Waals surface area contributed by atoms with Crippen LogP contribution in [-0.4, -0.2) is 42.8 Å². The van der Waals surface area contributed by atoms with Crippen LogP contribution >= 0.6 is 0 Å². The molecule has 0 amide bonds. The van der Waals surface area contributed by atoms with Crippen LogP contribution in [0.15, 0.2) is 12.2 Å². The standard InChI is InChI=1S/C13H20O5/c1-7-9(8-6-14-12(2,3)16-8)15-11-10(7)17-13(4,5)18-11/h8-11H,1,6H2,2-5H3/t8-,9-,10+,11+/m0/s1. The molecule has 0 aromatic carbocycles. The van der Waals surface area contributed by atoms with Gasteiger partial charge in [0, 0.05) is 0 Å². The third-order valence-corrected chi connectivity index (χ3v) is 3.44. The quantitative estimate of drug-likeness (QED) is 0.666. The average molecular weight is 256 g/mol. The van der Waals surface area contributed by atoms with E-state index in [1.165, 1.54) is 0 Å². The second kappa shape index (κ2) is 3.77. The first-order valence-corrected chi connectivity index (χ1v) is 6.29. The Hall–Kier alpha value is -0.460. The van der Waals surface area contributed by atoms with Crippen LogP contribution in [0.1, 0.15) is 27.7 Å². The molecule has 4 atom stereocenters. The van der Waals surface area contributed by atoms with E-state index in [0.29, 0.717) is 6.61 Å². The zero-order chi connectivity index (χ0) is 13.1. The molecular weight excluding hydrogens is 236 g/mol. The van der Waals surface area contributed by atoms with Crippen molar-refractivity contribution < 1.29 is 23.7 Å². The number of ether oxygens (including phenoxy) is 5. The van der Waals surface area contributed by atoms with Gasteiger partial charge in [-0.1, -0.05) is 6.58 Å². The SMILES string of the molecule is C=C1[C@H]2OC(C)(C)O[C@H]2O[C@@H]1[C@@H]1COC(C)(C)O1. The molecule has 102 valence electrons. The summed E-state index contributed by atoms with van der Waals surface area (Å²) in [7, 11) is 0. The lowest BCUT2D eigenvalue weighted by Gasteiger charge is -2.24. The van der Waals surface area contributed by atoms with Crippen molar-refractivity contribution in [1.82, 2.24) is 0 Å². The summed E-state index contributed by atoms with van der Waals surface area (Å²) in [4.78, 5) is 0. The van der Waals surface area contributed by atoms with Gasteiger partial charge in [-0.25, -0.2) is 0 Å². The van der Waals surface area contributed by atoms with Gasteiger partial charge >= 0.3 is 0 Å². The molecule has 3 heterocycles. The minimum Gasteiger partial charge on any atom is -0.348 e. The zero-order valence-corrected chi connectivity index (χ0v) is 11.3. The molecule has 0 bridgehead atoms. The van der Waals surface area contributed by atoms with Crippen molar-refractivity contribution in [2.75, 3.05) is 6.61 Å². The highest BCUT2D eigenvalue weighted by Crippen LogP contribution is 2.42. The molecule has 0 radical (unpaired) electrons. The number of fused-ring (bicyclic) bond motifs is 1. The fourth-order valence-electron chi connectivity index (χ4n) is 2.67. The first-order chi connectivity index (χ1) is 8.27. The Morgan fingerprint density at radius 1 is 1.00 bits per heavy atom. The molecule has 3 rings (SSSR count). The average Bonchev–Trinajstić information content (AvgIpc) is 2.81. The highest BCUT2D eigenvalue weighted by Gasteiger charge is 2.54. The molecule has 3 saturated heterocycles. The lowest BCUT2D eigenvalue weighted by atomic mass is 10.0. The molecule has 3 aliphatic heterocycles. The summed E-state index contributed by atoms with van der Waals surface area (Å²) in [5.74, 6) is -1.18. The second-order valence-electron chi connectivity index (χ2n) is 5.92. The van der Waals surface area contributed by atoms with Gasteiger partial charge < -0.3 is 23.7 Å². The van der Waals surface area contributed by atoms with Crippen molar-refractivity contribution in [3.63, 3.8) is 0 Å². The highest BCUT2D eigenvalue weighted by atomic mass is 16.8. The van der Waals surface area contributed by atoms with Gasteiger partial charge in [0.05, 0.1) is 6.61 Å². The van der Waals surface area contributed by atoms with E-state index in [4.69, 9.17) is 23.7 Å². The fourth-order valence-corrected chi connectivity index (χ4v) is 2.67. The molecule has 0 aliphatic carbocycles. The lowest BCUT2D eigenvalue weighted by molar-refractivity contribution is -0.215. The van der Waals surface area contributed by atoms with E-state index in [0.717, 1.165) is 5.57 Å². The van der Waals surface area contributed by atoms with Crippen LogP contribution in [0.2, 0.25) is 0 Å². The van der Waals surface area contributed by atoms with E-state index in [-0.39, 0.29) is 24.6 Å². The van der Waals surface area contributed by atoms with Crippen LogP contribution in [0.5, 0.6) is 0 Å². The molecule has 3 fully saturated rings. The van der Waals surface area contributed by atoms with Gasteiger partial charge in [-0.2, -0.15) is 0 Å². The second-order valence-corrected chi connectivity index (χ2v) is 5.92. The maximum Gasteiger partial charge on any atom is 0.191 e. The molecule has 0 saturated carbocycles. The Morgan fingerprint density at radius 2 is 1.72 bits per heavy atom. The van der Waals surface area contributed by atoms with Crippen molar-refractivity contribution in [2.24, 2.45) is 0 Å².